The molecular formula is C15H31N3O3. The highest BCUT2D eigenvalue weighted by molar-refractivity contribution is 5.68. The van der Waals surface area contributed by atoms with E-state index in [-0.39, 0.29) is 12.2 Å². The van der Waals surface area contributed by atoms with Crippen LogP contribution in [0.4, 0.5) is 4.79 Å². The Morgan fingerprint density at radius 1 is 1.29 bits per heavy atom. The van der Waals surface area contributed by atoms with E-state index in [0.717, 1.165) is 38.9 Å². The summed E-state index contributed by atoms with van der Waals surface area (Å²) in [6.07, 6.45) is 2.78. The van der Waals surface area contributed by atoms with Crippen LogP contribution in [0.3, 0.4) is 0 Å². The number of nitrogens with two attached hydrogens (primary N) is 1. The second-order valence-corrected chi connectivity index (χ2v) is 6.43. The monoisotopic (exact) mass is 301 g/mol. The minimum absolute atomic E-state index is 0.218. The molecule has 0 aromatic carbocycles. The summed E-state index contributed by atoms with van der Waals surface area (Å²) in [7, 11) is 0. The second kappa shape index (κ2) is 9.23. The first kappa shape index (κ1) is 18.2. The maximum absolute atomic E-state index is 11.9. The van der Waals surface area contributed by atoms with Crippen molar-refractivity contribution in [3.63, 3.8) is 0 Å². The number of carbonyl (C=O) groups is 1. The lowest BCUT2D eigenvalue weighted by Gasteiger charge is -2.33. The van der Waals surface area contributed by atoms with Crippen molar-refractivity contribution in [2.75, 3.05) is 39.3 Å². The molecule has 1 aliphatic heterocycles. The van der Waals surface area contributed by atoms with Gasteiger partial charge in [0.2, 0.25) is 0 Å². The van der Waals surface area contributed by atoms with Crippen molar-refractivity contribution in [2.45, 2.75) is 51.7 Å². The fraction of sp³-hybridized carbons (Fsp3) is 0.933. The molecule has 124 valence electrons. The number of ether oxygens (including phenoxy) is 2. The van der Waals surface area contributed by atoms with Gasteiger partial charge in [-0.05, 0) is 53.1 Å². The van der Waals surface area contributed by atoms with E-state index in [0.29, 0.717) is 19.7 Å². The van der Waals surface area contributed by atoms with E-state index in [2.05, 4.69) is 5.32 Å². The van der Waals surface area contributed by atoms with Gasteiger partial charge in [-0.3, -0.25) is 0 Å². The summed E-state index contributed by atoms with van der Waals surface area (Å²) in [5.74, 6) is 0. The number of hydrogen-bond donors (Lipinski definition) is 2. The Labute approximate surface area is 128 Å². The molecule has 3 N–H and O–H groups in total. The molecule has 1 fully saturated rings. The van der Waals surface area contributed by atoms with Crippen molar-refractivity contribution >= 4 is 6.09 Å². The Morgan fingerprint density at radius 2 is 1.95 bits per heavy atom. The molecule has 1 saturated heterocycles. The van der Waals surface area contributed by atoms with Crippen molar-refractivity contribution in [3.8, 4) is 0 Å². The fourth-order valence-corrected chi connectivity index (χ4v) is 2.18. The van der Waals surface area contributed by atoms with Crippen molar-refractivity contribution in [1.29, 1.82) is 0 Å². The zero-order valence-corrected chi connectivity index (χ0v) is 13.7. The number of hydrogen-bond acceptors (Lipinski definition) is 5. The van der Waals surface area contributed by atoms with Crippen LogP contribution in [-0.2, 0) is 9.47 Å². The van der Waals surface area contributed by atoms with Gasteiger partial charge in [-0.25, -0.2) is 4.79 Å². The molecule has 1 heterocycles. The van der Waals surface area contributed by atoms with Crippen LogP contribution in [0.25, 0.3) is 0 Å². The van der Waals surface area contributed by atoms with Crippen molar-refractivity contribution in [2.24, 2.45) is 5.73 Å². The van der Waals surface area contributed by atoms with E-state index in [9.17, 15) is 4.79 Å². The van der Waals surface area contributed by atoms with Gasteiger partial charge in [0.05, 0.1) is 12.7 Å². The number of piperidine rings is 1. The molecule has 0 unspecified atom stereocenters. The molecule has 0 atom stereocenters. The van der Waals surface area contributed by atoms with E-state index in [1.807, 2.05) is 20.8 Å². The minimum Gasteiger partial charge on any atom is -0.444 e. The van der Waals surface area contributed by atoms with Gasteiger partial charge in [0.15, 0.2) is 0 Å². The Bertz CT molecular complexity index is 297. The average molecular weight is 301 g/mol. The van der Waals surface area contributed by atoms with E-state index in [4.69, 9.17) is 15.2 Å². The molecule has 0 aliphatic carbocycles. The van der Waals surface area contributed by atoms with Crippen molar-refractivity contribution < 1.29 is 14.3 Å². The number of carbonyl (C=O) groups excluding carboxylic acids is 1. The van der Waals surface area contributed by atoms with Gasteiger partial charge in [0, 0.05) is 19.6 Å². The summed E-state index contributed by atoms with van der Waals surface area (Å²) in [6, 6.07) is 0. The molecule has 0 spiro atoms. The van der Waals surface area contributed by atoms with E-state index in [1.165, 1.54) is 0 Å². The molecular weight excluding hydrogens is 270 g/mol. The first-order chi connectivity index (χ1) is 9.92. The summed E-state index contributed by atoms with van der Waals surface area (Å²) < 4.78 is 11.2. The highest BCUT2D eigenvalue weighted by atomic mass is 16.6. The number of rotatable bonds is 7. The first-order valence-electron chi connectivity index (χ1n) is 7.92. The summed E-state index contributed by atoms with van der Waals surface area (Å²) in [4.78, 5) is 13.7. The minimum atomic E-state index is -0.431. The van der Waals surface area contributed by atoms with Gasteiger partial charge in [0.1, 0.15) is 5.60 Å². The molecule has 0 bridgehead atoms. The smallest absolute Gasteiger partial charge is 0.410 e. The van der Waals surface area contributed by atoms with Crippen LogP contribution in [0.2, 0.25) is 0 Å². The van der Waals surface area contributed by atoms with Crippen LogP contribution in [0.15, 0.2) is 0 Å². The van der Waals surface area contributed by atoms with E-state index in [1.54, 1.807) is 4.90 Å². The number of likely N-dealkylation sites (tertiary alicyclic amines) is 1. The van der Waals surface area contributed by atoms with E-state index >= 15 is 0 Å². The zero-order chi connectivity index (χ0) is 15.7. The quantitative estimate of drug-likeness (QED) is 0.694. The third kappa shape index (κ3) is 8.24. The third-order valence-corrected chi connectivity index (χ3v) is 3.28. The SMILES string of the molecule is CC(C)(C)OC(=O)N1CCC(OCCNCCCN)CC1. The van der Waals surface area contributed by atoms with Gasteiger partial charge in [0.25, 0.3) is 0 Å². The van der Waals surface area contributed by atoms with Crippen LogP contribution in [-0.4, -0.2) is 62.0 Å². The molecule has 1 aliphatic rings. The second-order valence-electron chi connectivity index (χ2n) is 6.43. The molecule has 6 nitrogen and oxygen atoms in total. The van der Waals surface area contributed by atoms with Gasteiger partial charge < -0.3 is 25.4 Å². The van der Waals surface area contributed by atoms with Crippen LogP contribution >= 0.6 is 0 Å². The summed E-state index contributed by atoms with van der Waals surface area (Å²) in [5.41, 5.74) is 4.99. The fourth-order valence-electron chi connectivity index (χ4n) is 2.18. The number of nitrogens with one attached hydrogen (secondary N) is 1. The molecule has 6 heteroatoms. The maximum Gasteiger partial charge on any atom is 0.410 e. The van der Waals surface area contributed by atoms with Gasteiger partial charge in [-0.15, -0.1) is 0 Å². The molecule has 1 rings (SSSR count). The third-order valence-electron chi connectivity index (χ3n) is 3.28. The standard InChI is InChI=1S/C15H31N3O3/c1-15(2,3)21-14(19)18-10-5-13(6-11-18)20-12-9-17-8-4-7-16/h13,17H,4-12,16H2,1-3H3. The average Bonchev–Trinajstić information content (AvgIpc) is 2.41. The summed E-state index contributed by atoms with van der Waals surface area (Å²) in [6.45, 7) is 10.3. The maximum atomic E-state index is 11.9. The van der Waals surface area contributed by atoms with Crippen LogP contribution in [0.1, 0.15) is 40.0 Å². The van der Waals surface area contributed by atoms with E-state index < -0.39 is 5.60 Å². The van der Waals surface area contributed by atoms with Crippen LogP contribution in [0, 0.1) is 0 Å². The Morgan fingerprint density at radius 3 is 2.52 bits per heavy atom. The predicted octanol–water partition coefficient (Wildman–Crippen LogP) is 1.34. The molecule has 0 saturated carbocycles. The molecule has 1 amide bonds. The van der Waals surface area contributed by atoms with Gasteiger partial charge in [-0.1, -0.05) is 0 Å². The highest BCUT2D eigenvalue weighted by Crippen LogP contribution is 2.17. The lowest BCUT2D eigenvalue weighted by Crippen LogP contribution is -2.43. The Balaban J connectivity index is 2.10. The van der Waals surface area contributed by atoms with Crippen molar-refractivity contribution in [3.05, 3.63) is 0 Å². The predicted molar refractivity (Wildman–Crippen MR) is 83.3 cm³/mol. The number of amides is 1. The topological polar surface area (TPSA) is 76.8 Å². The highest BCUT2D eigenvalue weighted by Gasteiger charge is 2.26. The zero-order valence-electron chi connectivity index (χ0n) is 13.7. The molecule has 0 aromatic rings. The van der Waals surface area contributed by atoms with Gasteiger partial charge in [-0.2, -0.15) is 0 Å². The number of nitrogens with zero attached hydrogens (tertiary/aromatic N) is 1. The van der Waals surface area contributed by atoms with Crippen LogP contribution in [0.5, 0.6) is 0 Å². The largest absolute Gasteiger partial charge is 0.444 e. The Hall–Kier alpha value is -0.850. The molecule has 0 aromatic heterocycles. The lowest BCUT2D eigenvalue weighted by molar-refractivity contribution is -0.0104. The summed E-state index contributed by atoms with van der Waals surface area (Å²) >= 11 is 0. The van der Waals surface area contributed by atoms with Crippen molar-refractivity contribution in [1.82, 2.24) is 10.2 Å². The molecule has 0 radical (unpaired) electrons. The van der Waals surface area contributed by atoms with Gasteiger partial charge >= 0.3 is 6.09 Å². The van der Waals surface area contributed by atoms with Crippen LogP contribution < -0.4 is 11.1 Å². The normalized spacial score (nSPS) is 17.0. The summed E-state index contributed by atoms with van der Waals surface area (Å²) in [5, 5.41) is 3.29. The lowest BCUT2D eigenvalue weighted by atomic mass is 10.1. The molecule has 21 heavy (non-hydrogen) atoms. The Kier molecular flexibility index (Phi) is 8.00. The first-order valence-corrected chi connectivity index (χ1v) is 7.92.